The average Bonchev–Trinajstić information content (AvgIpc) is 3.28. The number of pyridine rings is 1. The van der Waals surface area contributed by atoms with Crippen LogP contribution in [0.2, 0.25) is 0 Å². The SMILES string of the molecule is CN/C(=C\C=N)Nc1cc(-c2cc3n(c2)CC2(CC2)Cn2c-3nnc2C(F)(F)C(F)(F)F)c(C)cn1. The van der Waals surface area contributed by atoms with Crippen LogP contribution >= 0.6 is 0 Å². The minimum atomic E-state index is -5.77. The lowest BCUT2D eigenvalue weighted by Crippen LogP contribution is -2.37. The molecule has 5 rings (SSSR count). The Morgan fingerprint density at radius 1 is 1.14 bits per heavy atom. The van der Waals surface area contributed by atoms with Crippen LogP contribution in [0.15, 0.2) is 36.4 Å². The van der Waals surface area contributed by atoms with Gasteiger partial charge in [-0.15, -0.1) is 10.2 Å². The fourth-order valence-electron chi connectivity index (χ4n) is 4.53. The monoisotopic (exact) mass is 506 g/mol. The highest BCUT2D eigenvalue weighted by Crippen LogP contribution is 2.53. The zero-order valence-electron chi connectivity index (χ0n) is 19.4. The second-order valence-electron chi connectivity index (χ2n) is 9.25. The van der Waals surface area contributed by atoms with E-state index < -0.39 is 23.3 Å². The van der Waals surface area contributed by atoms with Gasteiger partial charge >= 0.3 is 12.1 Å². The number of aryl methyl sites for hydroxylation is 1. The van der Waals surface area contributed by atoms with Crippen LogP contribution in [-0.4, -0.2) is 43.8 Å². The fraction of sp³-hybridized carbons (Fsp3) is 0.391. The topological polar surface area (TPSA) is 96.4 Å². The highest BCUT2D eigenvalue weighted by molar-refractivity contribution is 5.75. The van der Waals surface area contributed by atoms with Crippen molar-refractivity contribution < 1.29 is 22.0 Å². The molecule has 4 heterocycles. The third-order valence-electron chi connectivity index (χ3n) is 6.67. The minimum absolute atomic E-state index is 0.00184. The summed E-state index contributed by atoms with van der Waals surface area (Å²) in [6.45, 7) is 2.35. The summed E-state index contributed by atoms with van der Waals surface area (Å²) in [5, 5.41) is 20.4. The van der Waals surface area contributed by atoms with Gasteiger partial charge < -0.3 is 25.2 Å². The summed E-state index contributed by atoms with van der Waals surface area (Å²) in [4.78, 5) is 4.36. The molecule has 0 radical (unpaired) electrons. The first-order valence-corrected chi connectivity index (χ1v) is 11.2. The van der Waals surface area contributed by atoms with Crippen LogP contribution in [0.1, 0.15) is 24.2 Å². The first-order valence-electron chi connectivity index (χ1n) is 11.2. The number of nitrogens with one attached hydrogen (secondary N) is 3. The van der Waals surface area contributed by atoms with Crippen LogP contribution in [0.5, 0.6) is 0 Å². The summed E-state index contributed by atoms with van der Waals surface area (Å²) in [5.74, 6) is -5.44. The number of alkyl halides is 5. The zero-order valence-corrected chi connectivity index (χ0v) is 19.4. The van der Waals surface area contributed by atoms with Gasteiger partial charge in [-0.25, -0.2) is 4.98 Å². The van der Waals surface area contributed by atoms with Gasteiger partial charge in [-0.05, 0) is 49.1 Å². The number of nitrogens with zero attached hydrogens (tertiary/aromatic N) is 5. The molecular formula is C23H23F5N8. The first-order chi connectivity index (χ1) is 17.0. The highest BCUT2D eigenvalue weighted by Gasteiger charge is 2.63. The number of aromatic nitrogens is 5. The number of rotatable bonds is 6. The Morgan fingerprint density at radius 3 is 2.53 bits per heavy atom. The molecule has 0 bridgehead atoms. The molecule has 13 heteroatoms. The Labute approximate surface area is 202 Å². The smallest absolute Gasteiger partial charge is 0.375 e. The van der Waals surface area contributed by atoms with Gasteiger partial charge in [-0.3, -0.25) is 0 Å². The van der Waals surface area contributed by atoms with Crippen molar-refractivity contribution in [1.29, 1.82) is 5.41 Å². The van der Waals surface area contributed by atoms with Crippen LogP contribution in [0, 0.1) is 17.7 Å². The van der Waals surface area contributed by atoms with Gasteiger partial charge in [0, 0.05) is 49.7 Å². The lowest BCUT2D eigenvalue weighted by Gasteiger charge is -2.21. The number of hydrogen-bond donors (Lipinski definition) is 3. The number of halogens is 5. The summed E-state index contributed by atoms with van der Waals surface area (Å²) in [6.07, 6.45) is 1.83. The van der Waals surface area contributed by atoms with E-state index in [0.29, 0.717) is 36.7 Å². The lowest BCUT2D eigenvalue weighted by molar-refractivity contribution is -0.293. The van der Waals surface area contributed by atoms with Crippen molar-refractivity contribution in [2.75, 3.05) is 12.4 Å². The normalized spacial score (nSPS) is 16.8. The third kappa shape index (κ3) is 3.91. The van der Waals surface area contributed by atoms with Crippen LogP contribution < -0.4 is 10.6 Å². The molecule has 36 heavy (non-hydrogen) atoms. The van der Waals surface area contributed by atoms with Crippen molar-refractivity contribution in [2.45, 2.75) is 45.0 Å². The number of allylic oxidation sites excluding steroid dienone is 1. The minimum Gasteiger partial charge on any atom is -0.375 e. The Kier molecular flexibility index (Phi) is 5.41. The molecule has 3 aromatic heterocycles. The molecule has 1 aliphatic carbocycles. The van der Waals surface area contributed by atoms with Crippen molar-refractivity contribution in [3.63, 3.8) is 0 Å². The second kappa shape index (κ2) is 8.14. The summed E-state index contributed by atoms with van der Waals surface area (Å²) in [6, 6.07) is 3.54. The second-order valence-corrected chi connectivity index (χ2v) is 9.25. The number of hydrogen-bond acceptors (Lipinski definition) is 6. The Bertz CT molecular complexity index is 1360. The summed E-state index contributed by atoms with van der Waals surface area (Å²) < 4.78 is 71.0. The Balaban J connectivity index is 1.60. The summed E-state index contributed by atoms with van der Waals surface area (Å²) >= 11 is 0. The Morgan fingerprint density at radius 2 is 1.89 bits per heavy atom. The summed E-state index contributed by atoms with van der Waals surface area (Å²) in [7, 11) is 1.70. The fourth-order valence-corrected chi connectivity index (χ4v) is 4.53. The van der Waals surface area contributed by atoms with Gasteiger partial charge in [0.15, 0.2) is 5.82 Å². The predicted molar refractivity (Wildman–Crippen MR) is 123 cm³/mol. The van der Waals surface area contributed by atoms with Crippen LogP contribution in [-0.2, 0) is 19.0 Å². The molecule has 0 unspecified atom stereocenters. The van der Waals surface area contributed by atoms with Crippen molar-refractivity contribution in [1.82, 2.24) is 29.6 Å². The van der Waals surface area contributed by atoms with Gasteiger partial charge in [-0.2, -0.15) is 22.0 Å². The van der Waals surface area contributed by atoms with E-state index in [1.165, 1.54) is 6.08 Å². The molecule has 0 atom stereocenters. The van der Waals surface area contributed by atoms with E-state index in [1.54, 1.807) is 25.4 Å². The lowest BCUT2D eigenvalue weighted by atomic mass is 10.0. The van der Waals surface area contributed by atoms with E-state index in [4.69, 9.17) is 5.41 Å². The molecule has 2 aliphatic rings. The Hall–Kier alpha value is -3.77. The molecule has 0 saturated heterocycles. The third-order valence-corrected chi connectivity index (χ3v) is 6.67. The van der Waals surface area contributed by atoms with Gasteiger partial charge in [0.2, 0.25) is 5.82 Å². The first kappa shape index (κ1) is 23.9. The van der Waals surface area contributed by atoms with Gasteiger partial charge in [0.1, 0.15) is 11.6 Å². The number of anilines is 1. The maximum atomic E-state index is 14.3. The molecule has 1 spiro atoms. The quantitative estimate of drug-likeness (QED) is 0.333. The molecule has 1 fully saturated rings. The molecule has 190 valence electrons. The highest BCUT2D eigenvalue weighted by atomic mass is 19.4. The van der Waals surface area contributed by atoms with E-state index in [1.807, 2.05) is 17.7 Å². The van der Waals surface area contributed by atoms with Gasteiger partial charge in [-0.1, -0.05) is 0 Å². The van der Waals surface area contributed by atoms with E-state index in [-0.39, 0.29) is 12.4 Å². The molecule has 0 amide bonds. The van der Waals surface area contributed by atoms with E-state index in [2.05, 4.69) is 25.8 Å². The number of fused-ring (bicyclic) bond motifs is 3. The van der Waals surface area contributed by atoms with Gasteiger partial charge in [0.05, 0.1) is 5.69 Å². The van der Waals surface area contributed by atoms with Crippen molar-refractivity contribution in [2.24, 2.45) is 5.41 Å². The largest absolute Gasteiger partial charge is 0.461 e. The molecular weight excluding hydrogens is 483 g/mol. The van der Waals surface area contributed by atoms with Gasteiger partial charge in [0.25, 0.3) is 0 Å². The molecule has 3 aromatic rings. The van der Waals surface area contributed by atoms with Crippen LogP contribution in [0.4, 0.5) is 27.8 Å². The maximum Gasteiger partial charge on any atom is 0.461 e. The van der Waals surface area contributed by atoms with E-state index in [9.17, 15) is 22.0 Å². The average molecular weight is 506 g/mol. The standard InChI is InChI=1S/C23H23F5N8/c1-13-9-31-18(32-17(30-2)3-6-29)8-15(13)14-7-16-19-33-34-20(22(24,25)23(26,27)28)36(19)12-21(4-5-21)11-35(16)10-14/h3,6-10,29-30H,4-5,11-12H2,1-2H3,(H,31,32)/b17-3+,29-6?. The van der Waals surface area contributed by atoms with E-state index in [0.717, 1.165) is 27.5 Å². The van der Waals surface area contributed by atoms with Crippen molar-refractivity contribution in [3.05, 3.63) is 47.8 Å². The zero-order chi connectivity index (χ0) is 25.9. The molecule has 3 N–H and O–H groups in total. The molecule has 0 aromatic carbocycles. The maximum absolute atomic E-state index is 14.3. The van der Waals surface area contributed by atoms with Crippen molar-refractivity contribution >= 4 is 12.0 Å². The van der Waals surface area contributed by atoms with E-state index >= 15 is 0 Å². The van der Waals surface area contributed by atoms with Crippen LogP contribution in [0.3, 0.4) is 0 Å². The predicted octanol–water partition coefficient (Wildman–Crippen LogP) is 4.69. The molecule has 1 aliphatic heterocycles. The molecule has 8 nitrogen and oxygen atoms in total. The van der Waals surface area contributed by atoms with Crippen molar-refractivity contribution in [3.8, 4) is 22.6 Å². The molecule has 1 saturated carbocycles. The van der Waals surface area contributed by atoms with Crippen LogP contribution in [0.25, 0.3) is 22.6 Å². The summed E-state index contributed by atoms with van der Waals surface area (Å²) in [5.41, 5.74) is 2.39.